The second-order valence-corrected chi connectivity index (χ2v) is 2.63. The van der Waals surface area contributed by atoms with Gasteiger partial charge in [0, 0.05) is 5.70 Å². The second kappa shape index (κ2) is 5.34. The number of hydrogen-bond acceptors (Lipinski definition) is 1. The number of nitrogens with zero attached hydrogens (tertiary/aromatic N) is 1. The average molecular weight is 161 g/mol. The fourth-order valence-corrected chi connectivity index (χ4v) is 0.745. The Morgan fingerprint density at radius 1 is 1.25 bits per heavy atom. The predicted octanol–water partition coefficient (Wildman–Crippen LogP) is 3.27. The van der Waals surface area contributed by atoms with Crippen molar-refractivity contribution < 1.29 is 0 Å². The lowest BCUT2D eigenvalue weighted by molar-refractivity contribution is 1.27. The molecule has 0 aromatic heterocycles. The molecule has 0 N–H and O–H groups in total. The van der Waals surface area contributed by atoms with Crippen molar-refractivity contribution in [1.82, 2.24) is 0 Å². The molecule has 0 radical (unpaired) electrons. The first-order valence-corrected chi connectivity index (χ1v) is 3.83. The van der Waals surface area contributed by atoms with Crippen LogP contribution in [-0.4, -0.2) is 5.87 Å². The Balaban J connectivity index is 4.75. The van der Waals surface area contributed by atoms with E-state index in [4.69, 9.17) is 0 Å². The molecule has 0 heterocycles. The molecule has 0 fully saturated rings. The Hall–Kier alpha value is -1.33. The summed E-state index contributed by atoms with van der Waals surface area (Å²) < 4.78 is 0. The minimum absolute atomic E-state index is 0.906. The molecule has 0 aliphatic carbocycles. The molecule has 12 heavy (non-hydrogen) atoms. The zero-order chi connectivity index (χ0) is 9.56. The molecule has 0 atom stereocenters. The van der Waals surface area contributed by atoms with Crippen LogP contribution in [0.1, 0.15) is 20.8 Å². The molecule has 0 amide bonds. The van der Waals surface area contributed by atoms with Crippen molar-refractivity contribution in [2.24, 2.45) is 4.99 Å². The molecule has 0 unspecified atom stereocenters. The van der Waals surface area contributed by atoms with Gasteiger partial charge in [-0.05, 0) is 50.4 Å². The second-order valence-electron chi connectivity index (χ2n) is 2.63. The van der Waals surface area contributed by atoms with Gasteiger partial charge in [-0.25, -0.2) is 4.99 Å². The molecule has 1 nitrogen and oxygen atoms in total. The monoisotopic (exact) mass is 161 g/mol. The van der Waals surface area contributed by atoms with Crippen LogP contribution in [0.3, 0.4) is 0 Å². The van der Waals surface area contributed by atoms with Crippen LogP contribution in [0.4, 0.5) is 0 Å². The first-order chi connectivity index (χ1) is 5.61. The Morgan fingerprint density at radius 3 is 2.25 bits per heavy atom. The first-order valence-electron chi connectivity index (χ1n) is 3.83. The van der Waals surface area contributed by atoms with Crippen LogP contribution in [0.25, 0.3) is 0 Å². The maximum Gasteiger partial charge on any atom is 0.0475 e. The third-order valence-corrected chi connectivity index (χ3v) is 1.61. The van der Waals surface area contributed by atoms with E-state index < -0.39 is 0 Å². The molecule has 0 saturated carbocycles. The van der Waals surface area contributed by atoms with Crippen LogP contribution in [0.2, 0.25) is 0 Å². The van der Waals surface area contributed by atoms with Crippen molar-refractivity contribution in [3.05, 3.63) is 42.2 Å². The summed E-state index contributed by atoms with van der Waals surface area (Å²) in [6, 6.07) is 0. The van der Waals surface area contributed by atoms with Gasteiger partial charge in [0.1, 0.15) is 0 Å². The van der Waals surface area contributed by atoms with Crippen LogP contribution in [0.5, 0.6) is 0 Å². The van der Waals surface area contributed by atoms with Crippen LogP contribution in [0, 0.1) is 0 Å². The summed E-state index contributed by atoms with van der Waals surface area (Å²) in [5, 5.41) is 0. The van der Waals surface area contributed by atoms with E-state index in [0.717, 1.165) is 11.3 Å². The van der Waals surface area contributed by atoms with Gasteiger partial charge in [-0.15, -0.1) is 0 Å². The summed E-state index contributed by atoms with van der Waals surface area (Å²) in [7, 11) is 0. The van der Waals surface area contributed by atoms with Gasteiger partial charge in [0.15, 0.2) is 0 Å². The quantitative estimate of drug-likeness (QED) is 0.445. The van der Waals surface area contributed by atoms with Gasteiger partial charge >= 0.3 is 0 Å². The highest BCUT2D eigenvalue weighted by molar-refractivity contribution is 5.49. The topological polar surface area (TPSA) is 12.4 Å². The molecular weight excluding hydrogens is 146 g/mol. The van der Waals surface area contributed by atoms with Gasteiger partial charge in [0.05, 0.1) is 0 Å². The van der Waals surface area contributed by atoms with Crippen molar-refractivity contribution in [3.8, 4) is 0 Å². The molecule has 0 aliphatic heterocycles. The van der Waals surface area contributed by atoms with E-state index >= 15 is 0 Å². The van der Waals surface area contributed by atoms with E-state index in [1.54, 1.807) is 0 Å². The molecular formula is C11H15N. The zero-order valence-corrected chi connectivity index (χ0v) is 8.02. The van der Waals surface area contributed by atoms with E-state index in [2.05, 4.69) is 24.0 Å². The fourth-order valence-electron chi connectivity index (χ4n) is 0.745. The van der Waals surface area contributed by atoms with Crippen molar-refractivity contribution in [3.63, 3.8) is 0 Å². The zero-order valence-electron chi connectivity index (χ0n) is 8.02. The van der Waals surface area contributed by atoms with Gasteiger partial charge in [0.2, 0.25) is 0 Å². The highest BCUT2D eigenvalue weighted by atomic mass is 14.7. The fraction of sp³-hybridized carbons (Fsp3) is 0.273. The largest absolute Gasteiger partial charge is 0.212 e. The Morgan fingerprint density at radius 2 is 1.83 bits per heavy atom. The maximum atomic E-state index is 3.91. The molecule has 0 bridgehead atoms. The highest BCUT2D eigenvalue weighted by Gasteiger charge is 1.89. The summed E-state index contributed by atoms with van der Waals surface area (Å²) in [6.07, 6.45) is 3.81. The summed E-state index contributed by atoms with van der Waals surface area (Å²) in [4.78, 5) is 3.91. The number of hydrogen-bond donors (Lipinski definition) is 0. The lowest BCUT2D eigenvalue weighted by atomic mass is 10.1. The lowest BCUT2D eigenvalue weighted by Gasteiger charge is -1.96. The van der Waals surface area contributed by atoms with Crippen LogP contribution >= 0.6 is 0 Å². The third-order valence-electron chi connectivity index (χ3n) is 1.61. The van der Waals surface area contributed by atoms with E-state index in [0.29, 0.717) is 0 Å². The predicted molar refractivity (Wildman–Crippen MR) is 55.4 cm³/mol. The average Bonchev–Trinajstić information content (AvgIpc) is 2.03. The van der Waals surface area contributed by atoms with E-state index in [-0.39, 0.29) is 0 Å². The maximum absolute atomic E-state index is 3.91. The Bertz CT molecular complexity index is 273. The Kier molecular flexibility index (Phi) is 4.75. The summed E-state index contributed by atoms with van der Waals surface area (Å²) in [6.45, 7) is 13.1. The molecule has 0 saturated heterocycles. The van der Waals surface area contributed by atoms with Crippen LogP contribution in [-0.2, 0) is 0 Å². The molecule has 0 spiro atoms. The van der Waals surface area contributed by atoms with Crippen LogP contribution < -0.4 is 0 Å². The molecule has 0 rings (SSSR count). The van der Waals surface area contributed by atoms with E-state index in [1.807, 2.05) is 32.9 Å². The summed E-state index contributed by atoms with van der Waals surface area (Å²) >= 11 is 0. The van der Waals surface area contributed by atoms with E-state index in [9.17, 15) is 0 Å². The number of rotatable bonds is 3. The first kappa shape index (κ1) is 10.7. The molecule has 0 aliphatic rings. The smallest absolute Gasteiger partial charge is 0.0475 e. The third kappa shape index (κ3) is 3.75. The molecule has 1 heteroatoms. The standard InChI is InChI=1S/C11H15N/c1-6-9(3)10(4)8-11(5)12-7-2/h6,8H,1-2H2,3-5H3/b10-9-,11-8+. The van der Waals surface area contributed by atoms with Gasteiger partial charge in [0.25, 0.3) is 0 Å². The van der Waals surface area contributed by atoms with Gasteiger partial charge in [-0.3, -0.25) is 0 Å². The molecule has 0 aromatic rings. The normalized spacial score (nSPS) is 13.1. The number of aliphatic imine (C=N–C) groups is 1. The number of allylic oxidation sites excluding steroid dienone is 5. The van der Waals surface area contributed by atoms with Crippen molar-refractivity contribution in [2.75, 3.05) is 0 Å². The molecule has 64 valence electrons. The lowest BCUT2D eigenvalue weighted by Crippen LogP contribution is -1.77. The van der Waals surface area contributed by atoms with Crippen molar-refractivity contribution in [1.29, 1.82) is 0 Å². The highest BCUT2D eigenvalue weighted by Crippen LogP contribution is 2.08. The minimum Gasteiger partial charge on any atom is -0.212 e. The summed E-state index contributed by atoms with van der Waals surface area (Å²) in [5.41, 5.74) is 3.24. The Labute approximate surface area is 74.5 Å². The van der Waals surface area contributed by atoms with E-state index in [1.165, 1.54) is 5.57 Å². The van der Waals surface area contributed by atoms with Gasteiger partial charge in [-0.2, -0.15) is 0 Å². The summed E-state index contributed by atoms with van der Waals surface area (Å²) in [5.74, 6) is 2.49. The van der Waals surface area contributed by atoms with Gasteiger partial charge < -0.3 is 0 Å². The van der Waals surface area contributed by atoms with Crippen molar-refractivity contribution in [2.45, 2.75) is 20.8 Å². The van der Waals surface area contributed by atoms with Crippen LogP contribution in [0.15, 0.2) is 47.1 Å². The minimum atomic E-state index is 0.906. The van der Waals surface area contributed by atoms with Crippen molar-refractivity contribution >= 4 is 5.87 Å². The van der Waals surface area contributed by atoms with Gasteiger partial charge in [-0.1, -0.05) is 12.7 Å². The molecule has 0 aromatic carbocycles. The SMILES string of the molecule is C=C=N/C(C)=C/C(C)=C(/C)C=C.